The van der Waals surface area contributed by atoms with Gasteiger partial charge in [0.05, 0.1) is 6.61 Å². The van der Waals surface area contributed by atoms with E-state index in [9.17, 15) is 0 Å². The Kier molecular flexibility index (Phi) is 3.27. The van der Waals surface area contributed by atoms with Gasteiger partial charge in [-0.3, -0.25) is 0 Å². The number of rotatable bonds is 4. The van der Waals surface area contributed by atoms with Crippen molar-refractivity contribution in [1.29, 1.82) is 0 Å². The quantitative estimate of drug-likeness (QED) is 0.767. The molecular weight excluding hydrogens is 186 g/mol. The average molecular weight is 205 g/mol. The van der Waals surface area contributed by atoms with Crippen molar-refractivity contribution in [2.45, 2.75) is 38.6 Å². The van der Waals surface area contributed by atoms with Gasteiger partial charge in [0.2, 0.25) is 0 Å². The molecule has 1 aromatic rings. The molecule has 82 valence electrons. The van der Waals surface area contributed by atoms with E-state index >= 15 is 0 Å². The number of unbranched alkanes of at least 4 members (excludes halogenated alkanes) is 1. The Bertz CT molecular complexity index is 335. The number of hydrogen-bond donors (Lipinski definition) is 1. The van der Waals surface area contributed by atoms with Crippen molar-refractivity contribution in [2.24, 2.45) is 5.73 Å². The molecule has 0 aliphatic heterocycles. The van der Waals surface area contributed by atoms with Gasteiger partial charge in [0.25, 0.3) is 0 Å². The van der Waals surface area contributed by atoms with Crippen LogP contribution in [-0.2, 0) is 6.42 Å². The number of aryl methyl sites for hydroxylation is 1. The lowest BCUT2D eigenvalue weighted by atomic mass is 10.1. The van der Waals surface area contributed by atoms with Crippen LogP contribution < -0.4 is 10.5 Å². The van der Waals surface area contributed by atoms with Crippen LogP contribution in [0.25, 0.3) is 0 Å². The van der Waals surface area contributed by atoms with Crippen LogP contribution in [-0.4, -0.2) is 6.61 Å². The minimum atomic E-state index is 0.240. The Labute approximate surface area is 91.4 Å². The Morgan fingerprint density at radius 2 is 2.33 bits per heavy atom. The summed E-state index contributed by atoms with van der Waals surface area (Å²) in [5.41, 5.74) is 8.65. The van der Waals surface area contributed by atoms with E-state index in [0.717, 1.165) is 31.6 Å². The van der Waals surface area contributed by atoms with E-state index in [-0.39, 0.29) is 6.04 Å². The fourth-order valence-corrected chi connectivity index (χ4v) is 2.05. The Balaban J connectivity index is 2.03. The fraction of sp³-hybridized carbons (Fsp3) is 0.538. The Morgan fingerprint density at radius 1 is 1.47 bits per heavy atom. The summed E-state index contributed by atoms with van der Waals surface area (Å²) < 4.78 is 5.67. The minimum absolute atomic E-state index is 0.240. The molecule has 2 nitrogen and oxygen atoms in total. The maximum atomic E-state index is 5.98. The molecule has 0 spiro atoms. The van der Waals surface area contributed by atoms with Crippen molar-refractivity contribution in [3.05, 3.63) is 29.3 Å². The first-order chi connectivity index (χ1) is 7.31. The standard InChI is InChI=1S/C13H19NO/c1-2-3-8-15-11-5-6-12-10(9-11)4-7-13(12)14/h5-6,9,13H,2-4,7-8,14H2,1H3. The van der Waals surface area contributed by atoms with Gasteiger partial charge in [0.1, 0.15) is 5.75 Å². The van der Waals surface area contributed by atoms with Gasteiger partial charge < -0.3 is 10.5 Å². The van der Waals surface area contributed by atoms with Gasteiger partial charge in [0.15, 0.2) is 0 Å². The predicted octanol–water partition coefficient (Wildman–Crippen LogP) is 2.81. The van der Waals surface area contributed by atoms with E-state index < -0.39 is 0 Å². The van der Waals surface area contributed by atoms with Crippen molar-refractivity contribution >= 4 is 0 Å². The highest BCUT2D eigenvalue weighted by molar-refractivity contribution is 5.40. The van der Waals surface area contributed by atoms with E-state index in [4.69, 9.17) is 10.5 Å². The van der Waals surface area contributed by atoms with E-state index in [0.29, 0.717) is 0 Å². The molecule has 0 aromatic heterocycles. The lowest BCUT2D eigenvalue weighted by molar-refractivity contribution is 0.309. The SMILES string of the molecule is CCCCOc1ccc2c(c1)CCC2N. The molecule has 1 aliphatic rings. The average Bonchev–Trinajstić information content (AvgIpc) is 2.61. The number of nitrogens with two attached hydrogens (primary N) is 1. The van der Waals surface area contributed by atoms with Crippen molar-refractivity contribution in [1.82, 2.24) is 0 Å². The first-order valence-electron chi connectivity index (χ1n) is 5.82. The van der Waals surface area contributed by atoms with Crippen molar-refractivity contribution in [2.75, 3.05) is 6.61 Å². The molecule has 0 radical (unpaired) electrons. The van der Waals surface area contributed by atoms with Gasteiger partial charge in [-0.05, 0) is 42.5 Å². The van der Waals surface area contributed by atoms with Crippen LogP contribution in [0.15, 0.2) is 18.2 Å². The molecule has 2 heteroatoms. The van der Waals surface area contributed by atoms with Gasteiger partial charge in [-0.25, -0.2) is 0 Å². The molecule has 1 unspecified atom stereocenters. The summed E-state index contributed by atoms with van der Waals surface area (Å²) in [7, 11) is 0. The van der Waals surface area contributed by atoms with Gasteiger partial charge in [-0.1, -0.05) is 19.4 Å². The third-order valence-corrected chi connectivity index (χ3v) is 3.01. The maximum Gasteiger partial charge on any atom is 0.119 e. The highest BCUT2D eigenvalue weighted by Crippen LogP contribution is 2.31. The van der Waals surface area contributed by atoms with Crippen LogP contribution in [0.5, 0.6) is 5.75 Å². The summed E-state index contributed by atoms with van der Waals surface area (Å²) in [6, 6.07) is 6.55. The minimum Gasteiger partial charge on any atom is -0.494 e. The lowest BCUT2D eigenvalue weighted by Gasteiger charge is -2.08. The van der Waals surface area contributed by atoms with Crippen LogP contribution in [0.2, 0.25) is 0 Å². The fourth-order valence-electron chi connectivity index (χ4n) is 2.05. The molecule has 0 saturated carbocycles. The summed E-state index contributed by atoms with van der Waals surface area (Å²) in [4.78, 5) is 0. The highest BCUT2D eigenvalue weighted by Gasteiger charge is 2.18. The molecule has 0 saturated heterocycles. The molecule has 0 bridgehead atoms. The number of benzene rings is 1. The summed E-state index contributed by atoms with van der Waals surface area (Å²) in [5.74, 6) is 0.997. The predicted molar refractivity (Wildman–Crippen MR) is 62.1 cm³/mol. The number of hydrogen-bond acceptors (Lipinski definition) is 2. The highest BCUT2D eigenvalue weighted by atomic mass is 16.5. The Hall–Kier alpha value is -1.02. The van der Waals surface area contributed by atoms with Crippen molar-refractivity contribution in [3.8, 4) is 5.75 Å². The molecule has 15 heavy (non-hydrogen) atoms. The molecule has 2 rings (SSSR count). The van der Waals surface area contributed by atoms with Crippen LogP contribution >= 0.6 is 0 Å². The van der Waals surface area contributed by atoms with E-state index in [1.807, 2.05) is 6.07 Å². The summed E-state index contributed by atoms with van der Waals surface area (Å²) >= 11 is 0. The van der Waals surface area contributed by atoms with Gasteiger partial charge in [-0.15, -0.1) is 0 Å². The molecule has 1 aromatic carbocycles. The number of ether oxygens (including phenoxy) is 1. The van der Waals surface area contributed by atoms with Crippen molar-refractivity contribution < 1.29 is 4.74 Å². The zero-order valence-electron chi connectivity index (χ0n) is 9.33. The molecule has 0 amide bonds. The zero-order chi connectivity index (χ0) is 10.7. The molecular formula is C13H19NO. The van der Waals surface area contributed by atoms with E-state index in [1.165, 1.54) is 17.5 Å². The second kappa shape index (κ2) is 4.67. The van der Waals surface area contributed by atoms with Crippen LogP contribution in [0.1, 0.15) is 43.4 Å². The largest absolute Gasteiger partial charge is 0.494 e. The van der Waals surface area contributed by atoms with Crippen LogP contribution in [0, 0.1) is 0 Å². The molecule has 0 fully saturated rings. The zero-order valence-corrected chi connectivity index (χ0v) is 9.33. The Morgan fingerprint density at radius 3 is 3.13 bits per heavy atom. The normalized spacial score (nSPS) is 18.9. The van der Waals surface area contributed by atoms with Gasteiger partial charge in [-0.2, -0.15) is 0 Å². The van der Waals surface area contributed by atoms with E-state index in [1.54, 1.807) is 0 Å². The van der Waals surface area contributed by atoms with Crippen LogP contribution in [0.3, 0.4) is 0 Å². The lowest BCUT2D eigenvalue weighted by Crippen LogP contribution is -2.05. The first kappa shape index (κ1) is 10.5. The smallest absolute Gasteiger partial charge is 0.119 e. The first-order valence-corrected chi connectivity index (χ1v) is 5.82. The van der Waals surface area contributed by atoms with E-state index in [2.05, 4.69) is 19.1 Å². The summed E-state index contributed by atoms with van der Waals surface area (Å²) in [6.07, 6.45) is 4.47. The third kappa shape index (κ3) is 2.32. The monoisotopic (exact) mass is 205 g/mol. The summed E-state index contributed by atoms with van der Waals surface area (Å²) in [5, 5.41) is 0. The third-order valence-electron chi connectivity index (χ3n) is 3.01. The van der Waals surface area contributed by atoms with Crippen LogP contribution in [0.4, 0.5) is 0 Å². The summed E-state index contributed by atoms with van der Waals surface area (Å²) in [6.45, 7) is 2.99. The maximum absolute atomic E-state index is 5.98. The number of fused-ring (bicyclic) bond motifs is 1. The molecule has 2 N–H and O–H groups in total. The second-order valence-electron chi connectivity index (χ2n) is 4.21. The second-order valence-corrected chi connectivity index (χ2v) is 4.21. The van der Waals surface area contributed by atoms with Gasteiger partial charge in [0, 0.05) is 6.04 Å². The molecule has 1 atom stereocenters. The molecule has 1 aliphatic carbocycles. The topological polar surface area (TPSA) is 35.2 Å². The molecule has 0 heterocycles. The van der Waals surface area contributed by atoms with Crippen molar-refractivity contribution in [3.63, 3.8) is 0 Å². The van der Waals surface area contributed by atoms with Gasteiger partial charge >= 0.3 is 0 Å².